The van der Waals surface area contributed by atoms with Gasteiger partial charge < -0.3 is 10.1 Å². The molecule has 1 aromatic heterocycles. The fourth-order valence-electron chi connectivity index (χ4n) is 1.86. The number of aromatic nitrogens is 2. The van der Waals surface area contributed by atoms with Gasteiger partial charge in [-0.15, -0.1) is 0 Å². The van der Waals surface area contributed by atoms with Gasteiger partial charge in [0.1, 0.15) is 12.1 Å². The highest BCUT2D eigenvalue weighted by atomic mass is 16.5. The highest BCUT2D eigenvalue weighted by Crippen LogP contribution is 2.15. The molecule has 1 atom stereocenters. The number of rotatable bonds is 9. The Morgan fingerprint density at radius 3 is 2.68 bits per heavy atom. The minimum Gasteiger partial charge on any atom is -0.478 e. The lowest BCUT2D eigenvalue weighted by Gasteiger charge is -2.15. The minimum absolute atomic E-state index is 0.424. The van der Waals surface area contributed by atoms with Gasteiger partial charge in [-0.25, -0.2) is 9.97 Å². The van der Waals surface area contributed by atoms with E-state index in [2.05, 4.69) is 43.0 Å². The van der Waals surface area contributed by atoms with E-state index < -0.39 is 0 Å². The topological polar surface area (TPSA) is 47.0 Å². The van der Waals surface area contributed by atoms with Crippen LogP contribution in [0.5, 0.6) is 5.88 Å². The van der Waals surface area contributed by atoms with Gasteiger partial charge in [0.2, 0.25) is 5.88 Å². The summed E-state index contributed by atoms with van der Waals surface area (Å²) >= 11 is 0. The molecule has 0 saturated carbocycles. The van der Waals surface area contributed by atoms with Crippen molar-refractivity contribution < 1.29 is 4.74 Å². The molecule has 0 spiro atoms. The molecule has 1 unspecified atom stereocenters. The number of hydrogen-bond donors (Lipinski definition) is 1. The molecule has 1 aromatic rings. The van der Waals surface area contributed by atoms with E-state index in [1.54, 1.807) is 6.33 Å². The third kappa shape index (κ3) is 6.99. The largest absolute Gasteiger partial charge is 0.478 e. The van der Waals surface area contributed by atoms with Crippen LogP contribution in [-0.2, 0) is 0 Å². The average Bonchev–Trinajstić information content (AvgIpc) is 2.36. The summed E-state index contributed by atoms with van der Waals surface area (Å²) in [5.41, 5.74) is 0. The van der Waals surface area contributed by atoms with Crippen LogP contribution in [0.1, 0.15) is 53.4 Å². The highest BCUT2D eigenvalue weighted by molar-refractivity contribution is 5.37. The van der Waals surface area contributed by atoms with Crippen LogP contribution >= 0.6 is 0 Å². The number of anilines is 1. The molecule has 1 rings (SSSR count). The van der Waals surface area contributed by atoms with Crippen molar-refractivity contribution in [2.75, 3.05) is 11.9 Å². The van der Waals surface area contributed by atoms with Crippen LogP contribution in [-0.4, -0.2) is 22.6 Å². The molecule has 0 radical (unpaired) electrons. The Kier molecular flexibility index (Phi) is 7.23. The minimum atomic E-state index is 0.424. The standard InChI is InChI=1S/C15H27N3O/c1-5-9-19-15-10-14(16-11-17-15)18-13(4)8-6-7-12(2)3/h10-13H,5-9H2,1-4H3,(H,16,17,18). The summed E-state index contributed by atoms with van der Waals surface area (Å²) < 4.78 is 5.50. The third-order valence-electron chi connectivity index (χ3n) is 2.91. The smallest absolute Gasteiger partial charge is 0.218 e. The van der Waals surface area contributed by atoms with Gasteiger partial charge in [-0.1, -0.05) is 33.6 Å². The second-order valence-corrected chi connectivity index (χ2v) is 5.46. The molecule has 0 bridgehead atoms. The van der Waals surface area contributed by atoms with Gasteiger partial charge >= 0.3 is 0 Å². The fraction of sp³-hybridized carbons (Fsp3) is 0.733. The highest BCUT2D eigenvalue weighted by Gasteiger charge is 2.05. The van der Waals surface area contributed by atoms with Gasteiger partial charge in [-0.3, -0.25) is 0 Å². The van der Waals surface area contributed by atoms with Crippen LogP contribution in [0.2, 0.25) is 0 Å². The van der Waals surface area contributed by atoms with E-state index in [1.807, 2.05) is 6.07 Å². The molecule has 1 N–H and O–H groups in total. The Labute approximate surface area is 117 Å². The van der Waals surface area contributed by atoms with Gasteiger partial charge in [0, 0.05) is 12.1 Å². The van der Waals surface area contributed by atoms with Crippen molar-refractivity contribution in [1.29, 1.82) is 0 Å². The number of hydrogen-bond acceptors (Lipinski definition) is 4. The number of nitrogens with zero attached hydrogens (tertiary/aromatic N) is 2. The van der Waals surface area contributed by atoms with Crippen LogP contribution in [0.15, 0.2) is 12.4 Å². The van der Waals surface area contributed by atoms with Gasteiger partial charge in [-0.2, -0.15) is 0 Å². The molecule has 0 aromatic carbocycles. The zero-order valence-electron chi connectivity index (χ0n) is 12.6. The number of ether oxygens (including phenoxy) is 1. The number of nitrogens with one attached hydrogen (secondary N) is 1. The van der Waals surface area contributed by atoms with Crippen molar-refractivity contribution in [2.45, 2.75) is 59.4 Å². The zero-order valence-corrected chi connectivity index (χ0v) is 12.6. The molecule has 108 valence electrons. The predicted molar refractivity (Wildman–Crippen MR) is 79.6 cm³/mol. The van der Waals surface area contributed by atoms with E-state index in [1.165, 1.54) is 12.8 Å². The Balaban J connectivity index is 2.38. The summed E-state index contributed by atoms with van der Waals surface area (Å²) in [4.78, 5) is 8.32. The maximum absolute atomic E-state index is 5.50. The lowest BCUT2D eigenvalue weighted by atomic mass is 10.0. The first-order valence-corrected chi connectivity index (χ1v) is 7.33. The average molecular weight is 265 g/mol. The predicted octanol–water partition coefficient (Wildman–Crippen LogP) is 3.89. The maximum Gasteiger partial charge on any atom is 0.218 e. The van der Waals surface area contributed by atoms with Crippen molar-refractivity contribution in [2.24, 2.45) is 5.92 Å². The molecule has 4 nitrogen and oxygen atoms in total. The van der Waals surface area contributed by atoms with E-state index in [-0.39, 0.29) is 0 Å². The van der Waals surface area contributed by atoms with Gasteiger partial charge in [0.25, 0.3) is 0 Å². The van der Waals surface area contributed by atoms with E-state index >= 15 is 0 Å². The lowest BCUT2D eigenvalue weighted by Crippen LogP contribution is -2.16. The fourth-order valence-corrected chi connectivity index (χ4v) is 1.86. The van der Waals surface area contributed by atoms with Gasteiger partial charge in [0.05, 0.1) is 6.61 Å². The molecule has 0 saturated heterocycles. The molecule has 0 aliphatic rings. The first-order chi connectivity index (χ1) is 9.11. The van der Waals surface area contributed by atoms with Crippen LogP contribution in [0.3, 0.4) is 0 Å². The van der Waals surface area contributed by atoms with Gasteiger partial charge in [0.15, 0.2) is 0 Å². The van der Waals surface area contributed by atoms with E-state index in [4.69, 9.17) is 4.74 Å². The summed E-state index contributed by atoms with van der Waals surface area (Å²) in [6.07, 6.45) is 6.22. The van der Waals surface area contributed by atoms with E-state index in [9.17, 15) is 0 Å². The normalized spacial score (nSPS) is 12.5. The lowest BCUT2D eigenvalue weighted by molar-refractivity contribution is 0.305. The Hall–Kier alpha value is -1.32. The molecule has 4 heteroatoms. The first kappa shape index (κ1) is 15.7. The van der Waals surface area contributed by atoms with Crippen molar-refractivity contribution in [3.05, 3.63) is 12.4 Å². The van der Waals surface area contributed by atoms with Crippen molar-refractivity contribution >= 4 is 5.82 Å². The molecular weight excluding hydrogens is 238 g/mol. The zero-order chi connectivity index (χ0) is 14.1. The van der Waals surface area contributed by atoms with Crippen LogP contribution < -0.4 is 10.1 Å². The van der Waals surface area contributed by atoms with Crippen molar-refractivity contribution in [3.63, 3.8) is 0 Å². The molecular formula is C15H27N3O. The third-order valence-corrected chi connectivity index (χ3v) is 2.91. The maximum atomic E-state index is 5.50. The Morgan fingerprint density at radius 2 is 2.00 bits per heavy atom. The SMILES string of the molecule is CCCOc1cc(NC(C)CCCC(C)C)ncn1. The summed E-state index contributed by atoms with van der Waals surface area (Å²) in [6.45, 7) is 9.49. The molecule has 0 fully saturated rings. The molecule has 0 aliphatic heterocycles. The monoisotopic (exact) mass is 265 g/mol. The van der Waals surface area contributed by atoms with Crippen LogP contribution in [0.25, 0.3) is 0 Å². The molecule has 0 aliphatic carbocycles. The molecule has 19 heavy (non-hydrogen) atoms. The van der Waals surface area contributed by atoms with Crippen molar-refractivity contribution in [3.8, 4) is 5.88 Å². The second kappa shape index (κ2) is 8.73. The van der Waals surface area contributed by atoms with E-state index in [0.717, 1.165) is 24.6 Å². The second-order valence-electron chi connectivity index (χ2n) is 5.46. The van der Waals surface area contributed by atoms with Crippen LogP contribution in [0.4, 0.5) is 5.82 Å². The quantitative estimate of drug-likeness (QED) is 0.735. The summed E-state index contributed by atoms with van der Waals surface area (Å²) in [5.74, 6) is 2.27. The Morgan fingerprint density at radius 1 is 1.21 bits per heavy atom. The summed E-state index contributed by atoms with van der Waals surface area (Å²) in [7, 11) is 0. The van der Waals surface area contributed by atoms with E-state index in [0.29, 0.717) is 18.5 Å². The summed E-state index contributed by atoms with van der Waals surface area (Å²) in [5, 5.41) is 3.40. The Bertz CT molecular complexity index is 355. The van der Waals surface area contributed by atoms with Crippen LogP contribution in [0, 0.1) is 5.92 Å². The first-order valence-electron chi connectivity index (χ1n) is 7.33. The van der Waals surface area contributed by atoms with Crippen molar-refractivity contribution in [1.82, 2.24) is 9.97 Å². The molecule has 1 heterocycles. The molecule has 0 amide bonds. The summed E-state index contributed by atoms with van der Waals surface area (Å²) in [6, 6.07) is 2.29. The van der Waals surface area contributed by atoms with Gasteiger partial charge in [-0.05, 0) is 25.7 Å².